The Labute approximate surface area is 413 Å². The van der Waals surface area contributed by atoms with Gasteiger partial charge in [0.2, 0.25) is 0 Å². The number of para-hydroxylation sites is 2. The van der Waals surface area contributed by atoms with Crippen LogP contribution in [-0.2, 0) is 15.9 Å². The Morgan fingerprint density at radius 2 is 1.04 bits per heavy atom. The number of thiazole rings is 1. The van der Waals surface area contributed by atoms with E-state index in [1.54, 1.807) is 16.5 Å². The molecule has 0 spiro atoms. The van der Waals surface area contributed by atoms with Crippen LogP contribution >= 0.6 is 23.1 Å². The number of imidazole rings is 1. The highest BCUT2D eigenvalue weighted by molar-refractivity contribution is 7.99. The monoisotopic (exact) mass is 952 g/mol. The summed E-state index contributed by atoms with van der Waals surface area (Å²) in [7, 11) is -5.08. The molecule has 0 aliphatic carbocycles. The van der Waals surface area contributed by atoms with E-state index in [0.29, 0.717) is 0 Å². The van der Waals surface area contributed by atoms with E-state index in [2.05, 4.69) is 255 Å². The second kappa shape index (κ2) is 16.2. The van der Waals surface area contributed by atoms with E-state index in [-0.39, 0.29) is 15.9 Å². The summed E-state index contributed by atoms with van der Waals surface area (Å²) in [5.41, 5.74) is 12.6. The molecule has 8 aromatic carbocycles. The van der Waals surface area contributed by atoms with Crippen LogP contribution in [0.2, 0.25) is 13.1 Å². The van der Waals surface area contributed by atoms with E-state index in [1.807, 2.05) is 11.8 Å². The SMILES string of the molecule is CC(C)(C)c1ccc([Si](c2ccccc2)(c2ccccc2)c2ccc(C(C)(C)C)c(-c3cccc4c3sc3nc5ccccc5n34)c2)cc1-c1cccc2c1Sc1ccccc1[Si](C)(C)C2(C)C. The second-order valence-electron chi connectivity index (χ2n) is 22.0. The molecule has 0 bridgehead atoms. The zero-order valence-corrected chi connectivity index (χ0v) is 44.7. The van der Waals surface area contributed by atoms with Gasteiger partial charge in [-0.25, -0.2) is 4.98 Å². The topological polar surface area (TPSA) is 17.3 Å². The molecule has 338 valence electrons. The van der Waals surface area contributed by atoms with E-state index in [1.165, 1.54) is 79.7 Å². The van der Waals surface area contributed by atoms with Crippen LogP contribution in [0.1, 0.15) is 72.1 Å². The van der Waals surface area contributed by atoms with E-state index >= 15 is 0 Å². The molecule has 1 aliphatic rings. The van der Waals surface area contributed by atoms with E-state index in [0.717, 1.165) is 16.0 Å². The number of nitrogens with zero attached hydrogens (tertiary/aromatic N) is 2. The van der Waals surface area contributed by atoms with Gasteiger partial charge >= 0.3 is 0 Å². The van der Waals surface area contributed by atoms with Gasteiger partial charge in [-0.2, -0.15) is 0 Å². The Bertz CT molecular complexity index is 3530. The summed E-state index contributed by atoms with van der Waals surface area (Å²) in [5.74, 6) is 0. The molecule has 10 aromatic rings. The zero-order valence-electron chi connectivity index (χ0n) is 41.0. The molecule has 0 amide bonds. The van der Waals surface area contributed by atoms with Crippen molar-refractivity contribution in [3.8, 4) is 22.3 Å². The van der Waals surface area contributed by atoms with E-state index < -0.39 is 16.1 Å². The van der Waals surface area contributed by atoms with Crippen molar-refractivity contribution < 1.29 is 0 Å². The predicted molar refractivity (Wildman–Crippen MR) is 301 cm³/mol. The van der Waals surface area contributed by atoms with Crippen LogP contribution in [0.25, 0.3) is 48.5 Å². The molecule has 6 heteroatoms. The summed E-state index contributed by atoms with van der Waals surface area (Å²) < 4.78 is 3.63. The minimum atomic E-state index is -3.08. The molecule has 0 N–H and O–H groups in total. The third-order valence-corrected chi connectivity index (χ3v) is 27.9. The van der Waals surface area contributed by atoms with Crippen LogP contribution in [0.15, 0.2) is 192 Å². The largest absolute Gasteiger partial charge is 0.283 e. The lowest BCUT2D eigenvalue weighted by molar-refractivity contribution is 0.592. The van der Waals surface area contributed by atoms with Crippen LogP contribution in [0, 0.1) is 0 Å². The van der Waals surface area contributed by atoms with Gasteiger partial charge in [0.25, 0.3) is 0 Å². The smallest absolute Gasteiger partial charge is 0.195 e. The highest BCUT2D eigenvalue weighted by Crippen LogP contribution is 2.50. The summed E-state index contributed by atoms with van der Waals surface area (Å²) in [4.78, 5) is 8.97. The maximum absolute atomic E-state index is 5.14. The molecule has 0 unspecified atom stereocenters. The van der Waals surface area contributed by atoms with Gasteiger partial charge in [-0.05, 0) is 99.4 Å². The molecule has 0 saturated heterocycles. The molecule has 0 atom stereocenters. The first-order valence-electron chi connectivity index (χ1n) is 24.1. The van der Waals surface area contributed by atoms with Crippen molar-refractivity contribution in [1.82, 2.24) is 9.38 Å². The molecule has 0 radical (unpaired) electrons. The van der Waals surface area contributed by atoms with Crippen molar-refractivity contribution in [2.75, 3.05) is 0 Å². The Morgan fingerprint density at radius 1 is 0.515 bits per heavy atom. The van der Waals surface area contributed by atoms with E-state index in [9.17, 15) is 0 Å². The molecule has 68 heavy (non-hydrogen) atoms. The van der Waals surface area contributed by atoms with Crippen molar-refractivity contribution in [2.45, 2.75) is 94.1 Å². The minimum Gasteiger partial charge on any atom is -0.283 e. The number of rotatable bonds is 6. The summed E-state index contributed by atoms with van der Waals surface area (Å²) in [6.07, 6.45) is 0. The Kier molecular flexibility index (Phi) is 10.6. The molecule has 0 fully saturated rings. The Balaban J connectivity index is 1.23. The number of aromatic nitrogens is 2. The van der Waals surface area contributed by atoms with Crippen LogP contribution in [0.4, 0.5) is 0 Å². The molecule has 2 nitrogen and oxygen atoms in total. The fourth-order valence-corrected chi connectivity index (χ4v) is 22.3. The maximum Gasteiger partial charge on any atom is 0.195 e. The fraction of sp³-hybridized carbons (Fsp3) is 0.210. The van der Waals surface area contributed by atoms with Gasteiger partial charge in [0.15, 0.2) is 13.0 Å². The lowest BCUT2D eigenvalue weighted by atomic mass is 9.81. The van der Waals surface area contributed by atoms with E-state index in [4.69, 9.17) is 4.98 Å². The van der Waals surface area contributed by atoms with Gasteiger partial charge in [-0.1, -0.05) is 249 Å². The maximum atomic E-state index is 5.14. The summed E-state index contributed by atoms with van der Waals surface area (Å²) in [6.45, 7) is 24.4. The van der Waals surface area contributed by atoms with Gasteiger partial charge < -0.3 is 0 Å². The standard InChI is InChI=1S/C62H60N2S2Si2/c1-60(2,3)49-37-35-43(39-47(49)45-27-21-29-51-57(45)65-55-33-19-20-34-56(55)67(9,10)62(51,7)8)68(41-23-13-11-14-24-41,42-25-15-12-16-26-42)44-36-38-50(61(4,5)6)48(40-44)46-28-22-32-54-58(46)66-59-63-52-30-17-18-31-53(52)64(54)59/h11-40H,1-10H3. The minimum absolute atomic E-state index is 0.00318. The third-order valence-electron chi connectivity index (χ3n) is 15.5. The Hall–Kier alpha value is -5.77. The summed E-state index contributed by atoms with van der Waals surface area (Å²) in [5, 5.41) is 7.06. The van der Waals surface area contributed by atoms with Crippen molar-refractivity contribution in [2.24, 2.45) is 0 Å². The van der Waals surface area contributed by atoms with Gasteiger partial charge in [0, 0.05) is 15.4 Å². The van der Waals surface area contributed by atoms with Gasteiger partial charge in [0.05, 0.1) is 29.3 Å². The lowest BCUT2D eigenvalue weighted by Crippen LogP contribution is -2.74. The van der Waals surface area contributed by atoms with Crippen molar-refractivity contribution in [3.05, 3.63) is 199 Å². The quantitative estimate of drug-likeness (QED) is 0.122. The average Bonchev–Trinajstić information content (AvgIpc) is 3.87. The first kappa shape index (κ1) is 44.7. The van der Waals surface area contributed by atoms with Gasteiger partial charge in [-0.3, -0.25) is 4.40 Å². The van der Waals surface area contributed by atoms with Crippen molar-refractivity contribution in [3.63, 3.8) is 0 Å². The fourth-order valence-electron chi connectivity index (χ4n) is 11.3. The van der Waals surface area contributed by atoms with Gasteiger partial charge in [-0.15, -0.1) is 0 Å². The van der Waals surface area contributed by atoms with Crippen LogP contribution in [0.3, 0.4) is 0 Å². The van der Waals surface area contributed by atoms with Crippen LogP contribution in [0.5, 0.6) is 0 Å². The average molecular weight is 953 g/mol. The predicted octanol–water partition coefficient (Wildman–Crippen LogP) is 13.9. The first-order chi connectivity index (χ1) is 32.5. The van der Waals surface area contributed by atoms with Crippen molar-refractivity contribution >= 4 is 91.4 Å². The second-order valence-corrected chi connectivity index (χ2v) is 32.9. The summed E-state index contributed by atoms with van der Waals surface area (Å²) >= 11 is 3.80. The number of hydrogen-bond acceptors (Lipinski definition) is 3. The van der Waals surface area contributed by atoms with Crippen LogP contribution in [-0.4, -0.2) is 25.5 Å². The third kappa shape index (κ3) is 6.88. The molecular weight excluding hydrogens is 893 g/mol. The van der Waals surface area contributed by atoms with Gasteiger partial charge in [0.1, 0.15) is 0 Å². The number of benzene rings is 8. The normalized spacial score (nSPS) is 14.8. The molecule has 1 aliphatic heterocycles. The Morgan fingerprint density at radius 3 is 1.68 bits per heavy atom. The summed E-state index contributed by atoms with van der Waals surface area (Å²) in [6, 6.07) is 70.1. The highest BCUT2D eigenvalue weighted by Gasteiger charge is 2.47. The van der Waals surface area contributed by atoms with Crippen LogP contribution < -0.4 is 25.9 Å². The molecule has 0 saturated carbocycles. The number of hydrogen-bond donors (Lipinski definition) is 0. The molecule has 3 heterocycles. The zero-order chi connectivity index (χ0) is 47.4. The molecule has 2 aromatic heterocycles. The number of fused-ring (bicyclic) bond motifs is 7. The highest BCUT2D eigenvalue weighted by atomic mass is 32.2. The molecule has 11 rings (SSSR count). The van der Waals surface area contributed by atoms with Crippen molar-refractivity contribution in [1.29, 1.82) is 0 Å². The first-order valence-corrected chi connectivity index (χ1v) is 30.8. The lowest BCUT2D eigenvalue weighted by Gasteiger charge is -2.41. The molecular formula is C62H60N2S2Si2.